The molecule has 21 heavy (non-hydrogen) atoms. The molecule has 1 aromatic carbocycles. The fraction of sp³-hybridized carbons (Fsp3) is 0.467. The lowest BCUT2D eigenvalue weighted by Crippen LogP contribution is -2.38. The smallest absolute Gasteiger partial charge is 0.219 e. The van der Waals surface area contributed by atoms with E-state index in [-0.39, 0.29) is 5.91 Å². The number of benzene rings is 1. The third-order valence-electron chi connectivity index (χ3n) is 3.74. The molecule has 1 N–H and O–H groups in total. The van der Waals surface area contributed by atoms with Crippen LogP contribution in [-0.4, -0.2) is 47.0 Å². The van der Waals surface area contributed by atoms with Gasteiger partial charge in [0, 0.05) is 43.8 Å². The lowest BCUT2D eigenvalue weighted by Gasteiger charge is -2.25. The molecule has 0 aromatic heterocycles. The molecule has 6 heteroatoms. The van der Waals surface area contributed by atoms with Gasteiger partial charge in [-0.05, 0) is 43.3 Å². The van der Waals surface area contributed by atoms with Crippen LogP contribution < -0.4 is 5.32 Å². The van der Waals surface area contributed by atoms with E-state index in [9.17, 15) is 4.79 Å². The summed E-state index contributed by atoms with van der Waals surface area (Å²) in [6.45, 7) is 6.70. The van der Waals surface area contributed by atoms with Crippen LogP contribution in [0.15, 0.2) is 18.2 Å². The summed E-state index contributed by atoms with van der Waals surface area (Å²) in [4.78, 5) is 15.4. The van der Waals surface area contributed by atoms with Gasteiger partial charge in [-0.1, -0.05) is 17.7 Å². The first-order valence-corrected chi connectivity index (χ1v) is 7.84. The number of halogens is 1. The van der Waals surface area contributed by atoms with Gasteiger partial charge in [-0.2, -0.15) is 0 Å². The van der Waals surface area contributed by atoms with Crippen molar-refractivity contribution in [3.8, 4) is 0 Å². The van der Waals surface area contributed by atoms with Crippen molar-refractivity contribution in [3.05, 3.63) is 28.8 Å². The van der Waals surface area contributed by atoms with Crippen LogP contribution in [0, 0.1) is 6.92 Å². The van der Waals surface area contributed by atoms with E-state index in [1.165, 1.54) is 0 Å². The summed E-state index contributed by atoms with van der Waals surface area (Å²) in [5.74, 6) is 0.126. The van der Waals surface area contributed by atoms with Crippen molar-refractivity contribution in [1.82, 2.24) is 9.80 Å². The summed E-state index contributed by atoms with van der Waals surface area (Å²) in [5, 5.41) is 4.67. The normalized spacial score (nSPS) is 15.6. The summed E-state index contributed by atoms with van der Waals surface area (Å²) in [7, 11) is 0. The molecule has 0 bridgehead atoms. The number of hydrogen-bond donors (Lipinski definition) is 1. The fourth-order valence-corrected chi connectivity index (χ4v) is 2.84. The molecule has 0 unspecified atom stereocenters. The maximum atomic E-state index is 11.4. The third-order valence-corrected chi connectivity index (χ3v) is 4.51. The maximum absolute atomic E-state index is 11.4. The molecule has 0 radical (unpaired) electrons. The summed E-state index contributed by atoms with van der Waals surface area (Å²) >= 11 is 11.6. The molecule has 1 fully saturated rings. The van der Waals surface area contributed by atoms with Crippen molar-refractivity contribution in [2.75, 3.05) is 31.5 Å². The van der Waals surface area contributed by atoms with Crippen LogP contribution in [0.3, 0.4) is 0 Å². The Balaban J connectivity index is 2.00. The number of thiocarbonyl (C=S) groups is 1. The second-order valence-corrected chi connectivity index (χ2v) is 5.98. The SMILES string of the molecule is CC(=O)N1CCCN(C(=S)Nc2cccc(Cl)c2C)CC1. The van der Waals surface area contributed by atoms with E-state index in [2.05, 4.69) is 10.2 Å². The van der Waals surface area contributed by atoms with Crippen LogP contribution in [0.1, 0.15) is 18.9 Å². The molecule has 0 atom stereocenters. The number of carbonyl (C=O) groups excluding carboxylic acids is 1. The number of rotatable bonds is 1. The van der Waals surface area contributed by atoms with Crippen LogP contribution in [0.5, 0.6) is 0 Å². The van der Waals surface area contributed by atoms with Crippen molar-refractivity contribution in [2.45, 2.75) is 20.3 Å². The number of amides is 1. The number of hydrogen-bond acceptors (Lipinski definition) is 2. The molecule has 0 aliphatic carbocycles. The second-order valence-electron chi connectivity index (χ2n) is 5.19. The summed E-state index contributed by atoms with van der Waals surface area (Å²) < 4.78 is 0. The second kappa shape index (κ2) is 7.09. The van der Waals surface area contributed by atoms with E-state index in [0.29, 0.717) is 11.7 Å². The first-order chi connectivity index (χ1) is 9.99. The van der Waals surface area contributed by atoms with E-state index in [1.54, 1.807) is 6.92 Å². The standard InChI is InChI=1S/C15H20ClN3OS/c1-11-13(16)5-3-6-14(11)17-15(21)19-8-4-7-18(9-10-19)12(2)20/h3,5-6H,4,7-10H2,1-2H3,(H,17,21). The van der Waals surface area contributed by atoms with E-state index in [4.69, 9.17) is 23.8 Å². The quantitative estimate of drug-likeness (QED) is 0.805. The van der Waals surface area contributed by atoms with Crippen LogP contribution >= 0.6 is 23.8 Å². The number of anilines is 1. The molecule has 2 rings (SSSR count). The van der Waals surface area contributed by atoms with Crippen molar-refractivity contribution in [3.63, 3.8) is 0 Å². The lowest BCUT2D eigenvalue weighted by atomic mass is 10.2. The minimum Gasteiger partial charge on any atom is -0.347 e. The Kier molecular flexibility index (Phi) is 5.42. The average Bonchev–Trinajstić information content (AvgIpc) is 2.70. The van der Waals surface area contributed by atoms with Crippen LogP contribution in [0.4, 0.5) is 5.69 Å². The highest BCUT2D eigenvalue weighted by Gasteiger charge is 2.18. The van der Waals surface area contributed by atoms with Gasteiger partial charge in [0.1, 0.15) is 0 Å². The Morgan fingerprint density at radius 3 is 2.62 bits per heavy atom. The zero-order chi connectivity index (χ0) is 15.4. The Morgan fingerprint density at radius 2 is 1.90 bits per heavy atom. The predicted octanol–water partition coefficient (Wildman–Crippen LogP) is 2.90. The number of nitrogens with one attached hydrogen (secondary N) is 1. The average molecular weight is 326 g/mol. The summed E-state index contributed by atoms with van der Waals surface area (Å²) in [6.07, 6.45) is 0.927. The van der Waals surface area contributed by atoms with Crippen molar-refractivity contribution >= 4 is 40.5 Å². The number of nitrogens with zero attached hydrogens (tertiary/aromatic N) is 2. The molecule has 1 aliphatic rings. The number of carbonyl (C=O) groups is 1. The highest BCUT2D eigenvalue weighted by atomic mass is 35.5. The highest BCUT2D eigenvalue weighted by Crippen LogP contribution is 2.23. The molecule has 1 aliphatic heterocycles. The van der Waals surface area contributed by atoms with Gasteiger partial charge in [0.2, 0.25) is 5.91 Å². The van der Waals surface area contributed by atoms with Gasteiger partial charge in [-0.3, -0.25) is 4.79 Å². The fourth-order valence-electron chi connectivity index (χ4n) is 2.37. The van der Waals surface area contributed by atoms with Gasteiger partial charge in [-0.15, -0.1) is 0 Å². The molecule has 4 nitrogen and oxygen atoms in total. The maximum Gasteiger partial charge on any atom is 0.219 e. The molecule has 0 saturated carbocycles. The summed E-state index contributed by atoms with van der Waals surface area (Å²) in [6, 6.07) is 5.73. The van der Waals surface area contributed by atoms with Crippen molar-refractivity contribution in [2.24, 2.45) is 0 Å². The van der Waals surface area contributed by atoms with Crippen LogP contribution in [-0.2, 0) is 4.79 Å². The molecule has 114 valence electrons. The molecule has 1 aromatic rings. The van der Waals surface area contributed by atoms with Gasteiger partial charge in [-0.25, -0.2) is 0 Å². The molecule has 1 amide bonds. The van der Waals surface area contributed by atoms with Crippen molar-refractivity contribution in [1.29, 1.82) is 0 Å². The van der Waals surface area contributed by atoms with Gasteiger partial charge in [0.05, 0.1) is 0 Å². The minimum absolute atomic E-state index is 0.126. The molecular formula is C15H20ClN3OS. The molecule has 1 heterocycles. The largest absolute Gasteiger partial charge is 0.347 e. The molecular weight excluding hydrogens is 306 g/mol. The first-order valence-electron chi connectivity index (χ1n) is 7.05. The van der Waals surface area contributed by atoms with Crippen molar-refractivity contribution < 1.29 is 4.79 Å². The first kappa shape index (κ1) is 16.0. The van der Waals surface area contributed by atoms with Gasteiger partial charge >= 0.3 is 0 Å². The topological polar surface area (TPSA) is 35.6 Å². The molecule has 1 saturated heterocycles. The van der Waals surface area contributed by atoms with Gasteiger partial charge in [0.25, 0.3) is 0 Å². The zero-order valence-electron chi connectivity index (χ0n) is 12.4. The van der Waals surface area contributed by atoms with E-state index in [1.807, 2.05) is 30.0 Å². The van der Waals surface area contributed by atoms with Gasteiger partial charge in [0.15, 0.2) is 5.11 Å². The molecule has 0 spiro atoms. The zero-order valence-corrected chi connectivity index (χ0v) is 13.9. The van der Waals surface area contributed by atoms with E-state index in [0.717, 1.165) is 42.3 Å². The minimum atomic E-state index is 0.126. The third kappa shape index (κ3) is 4.08. The predicted molar refractivity (Wildman–Crippen MR) is 90.9 cm³/mol. The Morgan fingerprint density at radius 1 is 1.24 bits per heavy atom. The van der Waals surface area contributed by atoms with E-state index < -0.39 is 0 Å². The van der Waals surface area contributed by atoms with E-state index >= 15 is 0 Å². The summed E-state index contributed by atoms with van der Waals surface area (Å²) in [5.41, 5.74) is 1.92. The lowest BCUT2D eigenvalue weighted by molar-refractivity contribution is -0.128. The Bertz CT molecular complexity index is 550. The van der Waals surface area contributed by atoms with Gasteiger partial charge < -0.3 is 15.1 Å². The van der Waals surface area contributed by atoms with Crippen LogP contribution in [0.2, 0.25) is 5.02 Å². The van der Waals surface area contributed by atoms with Crippen LogP contribution in [0.25, 0.3) is 0 Å². The Hall–Kier alpha value is -1.33. The highest BCUT2D eigenvalue weighted by molar-refractivity contribution is 7.80. The Labute approximate surface area is 136 Å². The monoisotopic (exact) mass is 325 g/mol.